The fraction of sp³-hybridized carbons (Fsp3) is 0.533. The van der Waals surface area contributed by atoms with E-state index >= 15 is 0 Å². The highest BCUT2D eigenvalue weighted by atomic mass is 16.4. The Morgan fingerprint density at radius 1 is 1.15 bits per heavy atom. The van der Waals surface area contributed by atoms with Gasteiger partial charge in [-0.1, -0.05) is 30.3 Å². The summed E-state index contributed by atoms with van der Waals surface area (Å²) in [7, 11) is 0. The highest BCUT2D eigenvalue weighted by molar-refractivity contribution is 5.70. The van der Waals surface area contributed by atoms with E-state index in [0.29, 0.717) is 12.2 Å². The molecule has 0 radical (unpaired) electrons. The third-order valence-electron chi connectivity index (χ3n) is 4.40. The molecule has 3 N–H and O–H groups in total. The number of carboxylic acids is 1. The second-order valence-electron chi connectivity index (χ2n) is 5.65. The van der Waals surface area contributed by atoms with E-state index in [1.54, 1.807) is 0 Å². The molecule has 0 aliphatic carbocycles. The van der Waals surface area contributed by atoms with Crippen molar-refractivity contribution >= 4 is 5.97 Å². The van der Waals surface area contributed by atoms with Crippen molar-refractivity contribution in [2.75, 3.05) is 13.1 Å². The van der Waals surface area contributed by atoms with Gasteiger partial charge in [0, 0.05) is 19.1 Å². The van der Waals surface area contributed by atoms with Crippen LogP contribution in [0.25, 0.3) is 0 Å². The van der Waals surface area contributed by atoms with Gasteiger partial charge in [0.1, 0.15) is 0 Å². The third-order valence-corrected chi connectivity index (χ3v) is 4.40. The van der Waals surface area contributed by atoms with E-state index in [4.69, 9.17) is 5.11 Å². The van der Waals surface area contributed by atoms with Crippen molar-refractivity contribution in [3.8, 4) is 0 Å². The minimum Gasteiger partial charge on any atom is -0.481 e. The van der Waals surface area contributed by atoms with Crippen LogP contribution in [-0.4, -0.2) is 35.2 Å². The molecule has 2 saturated heterocycles. The van der Waals surface area contributed by atoms with Gasteiger partial charge >= 0.3 is 5.97 Å². The summed E-state index contributed by atoms with van der Waals surface area (Å²) in [6.07, 6.45) is 2.82. The molecule has 2 aliphatic rings. The Morgan fingerprint density at radius 2 is 1.85 bits per heavy atom. The van der Waals surface area contributed by atoms with Crippen molar-refractivity contribution in [1.29, 1.82) is 0 Å². The number of carbonyl (C=O) groups is 1. The molecule has 108 valence electrons. The van der Waals surface area contributed by atoms with Crippen LogP contribution in [0.1, 0.15) is 30.9 Å². The molecule has 0 aromatic heterocycles. The van der Waals surface area contributed by atoms with Crippen molar-refractivity contribution < 1.29 is 9.90 Å². The Bertz CT molecular complexity index is 457. The smallest absolute Gasteiger partial charge is 0.306 e. The molecule has 2 unspecified atom stereocenters. The topological polar surface area (TPSA) is 64.6 Å². The molecule has 5 nitrogen and oxygen atoms in total. The first-order valence-electron chi connectivity index (χ1n) is 7.27. The molecule has 0 saturated carbocycles. The number of carboxylic acid groups (broad SMARTS) is 1. The van der Waals surface area contributed by atoms with Crippen LogP contribution in [0.15, 0.2) is 30.3 Å². The zero-order chi connectivity index (χ0) is 13.9. The Balaban J connectivity index is 1.55. The number of piperidine rings is 1. The molecule has 1 aromatic carbocycles. The van der Waals surface area contributed by atoms with E-state index in [-0.39, 0.29) is 5.92 Å². The summed E-state index contributed by atoms with van der Waals surface area (Å²) in [4.78, 5) is 13.3. The molecule has 20 heavy (non-hydrogen) atoms. The predicted molar refractivity (Wildman–Crippen MR) is 75.8 cm³/mol. The highest BCUT2D eigenvalue weighted by Crippen LogP contribution is 2.26. The van der Waals surface area contributed by atoms with Crippen molar-refractivity contribution in [2.24, 2.45) is 5.92 Å². The maximum Gasteiger partial charge on any atom is 0.306 e. The lowest BCUT2D eigenvalue weighted by Gasteiger charge is -2.34. The summed E-state index contributed by atoms with van der Waals surface area (Å²) in [5.74, 6) is -0.810. The summed E-state index contributed by atoms with van der Waals surface area (Å²) >= 11 is 0. The molecule has 0 bridgehead atoms. The van der Waals surface area contributed by atoms with E-state index in [1.807, 2.05) is 6.07 Å². The van der Waals surface area contributed by atoms with Gasteiger partial charge in [0.05, 0.1) is 12.1 Å². The van der Waals surface area contributed by atoms with E-state index in [0.717, 1.165) is 32.4 Å². The Morgan fingerprint density at radius 3 is 2.50 bits per heavy atom. The van der Waals surface area contributed by atoms with Crippen LogP contribution in [-0.2, 0) is 4.79 Å². The van der Waals surface area contributed by atoms with E-state index in [9.17, 15) is 4.79 Å². The second-order valence-corrected chi connectivity index (χ2v) is 5.65. The van der Waals surface area contributed by atoms with Gasteiger partial charge in [0.15, 0.2) is 0 Å². The lowest BCUT2D eigenvalue weighted by molar-refractivity contribution is -0.143. The SMILES string of the molecule is O=C(O)C1CCN(C2CC(c3ccccc3)NN2)CC1. The quantitative estimate of drug-likeness (QED) is 0.777. The number of likely N-dealkylation sites (tertiary alicyclic amines) is 1. The number of nitrogens with zero attached hydrogens (tertiary/aromatic N) is 1. The molecule has 2 aliphatic heterocycles. The molecule has 5 heteroatoms. The third kappa shape index (κ3) is 2.85. The summed E-state index contributed by atoms with van der Waals surface area (Å²) in [6.45, 7) is 1.72. The van der Waals surface area contributed by atoms with Crippen LogP contribution in [0, 0.1) is 5.92 Å². The maximum atomic E-state index is 11.0. The summed E-state index contributed by atoms with van der Waals surface area (Å²) in [5, 5.41) is 9.03. The first-order valence-corrected chi connectivity index (χ1v) is 7.27. The monoisotopic (exact) mass is 275 g/mol. The van der Waals surface area contributed by atoms with E-state index < -0.39 is 5.97 Å². The Hall–Kier alpha value is -1.43. The second kappa shape index (κ2) is 5.91. The van der Waals surface area contributed by atoms with Crippen LogP contribution < -0.4 is 10.9 Å². The maximum absolute atomic E-state index is 11.0. The number of benzene rings is 1. The largest absolute Gasteiger partial charge is 0.481 e. The molecule has 0 spiro atoms. The number of hydrazine groups is 1. The minimum atomic E-state index is -0.649. The summed E-state index contributed by atoms with van der Waals surface area (Å²) in [5.41, 5.74) is 7.99. The van der Waals surface area contributed by atoms with Crippen molar-refractivity contribution in [1.82, 2.24) is 15.8 Å². The molecule has 0 amide bonds. The Labute approximate surface area is 118 Å². The number of hydrogen-bond acceptors (Lipinski definition) is 4. The van der Waals surface area contributed by atoms with E-state index in [2.05, 4.69) is 40.0 Å². The molecular weight excluding hydrogens is 254 g/mol. The molecular formula is C15H21N3O2. The van der Waals surface area contributed by atoms with Crippen molar-refractivity contribution in [2.45, 2.75) is 31.5 Å². The van der Waals surface area contributed by atoms with Gasteiger partial charge in [-0.25, -0.2) is 10.9 Å². The molecule has 2 heterocycles. The normalized spacial score (nSPS) is 28.6. The predicted octanol–water partition coefficient (Wildman–Crippen LogP) is 1.35. The average molecular weight is 275 g/mol. The van der Waals surface area contributed by atoms with Gasteiger partial charge in [-0.3, -0.25) is 9.69 Å². The van der Waals surface area contributed by atoms with Crippen LogP contribution in [0.3, 0.4) is 0 Å². The standard InChI is InChI=1S/C15H21N3O2/c19-15(20)12-6-8-18(9-7-12)14-10-13(16-17-14)11-4-2-1-3-5-11/h1-5,12-14,16-17H,6-10H2,(H,19,20). The molecule has 3 rings (SSSR count). The first kappa shape index (κ1) is 13.5. The molecule has 1 aromatic rings. The van der Waals surface area contributed by atoms with Gasteiger partial charge in [-0.2, -0.15) is 0 Å². The zero-order valence-electron chi connectivity index (χ0n) is 11.5. The van der Waals surface area contributed by atoms with Crippen LogP contribution in [0.2, 0.25) is 0 Å². The summed E-state index contributed by atoms with van der Waals surface area (Å²) < 4.78 is 0. The fourth-order valence-corrected chi connectivity index (χ4v) is 3.14. The first-order chi connectivity index (χ1) is 9.74. The van der Waals surface area contributed by atoms with E-state index in [1.165, 1.54) is 5.56 Å². The Kier molecular flexibility index (Phi) is 4.00. The van der Waals surface area contributed by atoms with Gasteiger partial charge in [-0.15, -0.1) is 0 Å². The number of rotatable bonds is 3. The van der Waals surface area contributed by atoms with Gasteiger partial charge in [-0.05, 0) is 24.8 Å². The van der Waals surface area contributed by atoms with Gasteiger partial charge < -0.3 is 5.11 Å². The van der Waals surface area contributed by atoms with Crippen molar-refractivity contribution in [3.05, 3.63) is 35.9 Å². The van der Waals surface area contributed by atoms with Crippen molar-refractivity contribution in [3.63, 3.8) is 0 Å². The summed E-state index contributed by atoms with van der Waals surface area (Å²) in [6, 6.07) is 10.8. The minimum absolute atomic E-state index is 0.162. The zero-order valence-corrected chi connectivity index (χ0v) is 11.5. The number of nitrogens with one attached hydrogen (secondary N) is 2. The van der Waals surface area contributed by atoms with Gasteiger partial charge in [0.25, 0.3) is 0 Å². The highest BCUT2D eigenvalue weighted by Gasteiger charge is 2.33. The van der Waals surface area contributed by atoms with Crippen LogP contribution >= 0.6 is 0 Å². The lowest BCUT2D eigenvalue weighted by Crippen LogP contribution is -2.48. The average Bonchev–Trinajstić information content (AvgIpc) is 2.98. The molecule has 2 atom stereocenters. The van der Waals surface area contributed by atoms with Crippen LogP contribution in [0.5, 0.6) is 0 Å². The fourth-order valence-electron chi connectivity index (χ4n) is 3.14. The number of hydrogen-bond donors (Lipinski definition) is 3. The molecule has 2 fully saturated rings. The van der Waals surface area contributed by atoms with Gasteiger partial charge in [0.2, 0.25) is 0 Å². The number of aliphatic carboxylic acids is 1. The lowest BCUT2D eigenvalue weighted by atomic mass is 9.96. The van der Waals surface area contributed by atoms with Crippen LogP contribution in [0.4, 0.5) is 0 Å².